The van der Waals surface area contributed by atoms with Gasteiger partial charge in [-0.25, -0.2) is 8.78 Å². The van der Waals surface area contributed by atoms with E-state index in [1.54, 1.807) is 18.2 Å². The zero-order valence-electron chi connectivity index (χ0n) is 18.3. The number of methoxy groups -OCH3 is 1. The fraction of sp³-hybridized carbons (Fsp3) is 0.269. The molecule has 0 bridgehead atoms. The van der Waals surface area contributed by atoms with Crippen molar-refractivity contribution in [3.05, 3.63) is 81.3 Å². The molecule has 0 saturated heterocycles. The molecule has 3 aromatic rings. The van der Waals surface area contributed by atoms with Gasteiger partial charge in [0.2, 0.25) is 0 Å². The predicted molar refractivity (Wildman–Crippen MR) is 124 cm³/mol. The first-order valence-electron chi connectivity index (χ1n) is 10.9. The molecule has 1 aliphatic heterocycles. The Kier molecular flexibility index (Phi) is 6.16. The predicted octanol–water partition coefficient (Wildman–Crippen LogP) is 6.63. The molecule has 0 aromatic heterocycles. The molecule has 1 aliphatic carbocycles. The summed E-state index contributed by atoms with van der Waals surface area (Å²) in [5.74, 6) is 0.393. The minimum atomic E-state index is -0.517. The Hall–Kier alpha value is -3.13. The number of ether oxygens (including phenoxy) is 4. The second-order valence-corrected chi connectivity index (χ2v) is 9.16. The molecular formula is C26H21BrF2O5. The Morgan fingerprint density at radius 1 is 1.09 bits per heavy atom. The third kappa shape index (κ3) is 4.34. The van der Waals surface area contributed by atoms with Crippen molar-refractivity contribution < 1.29 is 32.5 Å². The van der Waals surface area contributed by atoms with E-state index in [4.69, 9.17) is 18.9 Å². The molecule has 176 valence electrons. The first-order valence-corrected chi connectivity index (χ1v) is 11.7. The van der Waals surface area contributed by atoms with Crippen LogP contribution in [0.15, 0.2) is 53.0 Å². The van der Waals surface area contributed by atoms with Crippen LogP contribution in [0.4, 0.5) is 8.78 Å². The highest BCUT2D eigenvalue weighted by molar-refractivity contribution is 9.10. The van der Waals surface area contributed by atoms with Crippen molar-refractivity contribution in [3.63, 3.8) is 0 Å². The zero-order valence-corrected chi connectivity index (χ0v) is 19.9. The topological polar surface area (TPSA) is 54.0 Å². The molecule has 5 nitrogen and oxygen atoms in total. The fourth-order valence-electron chi connectivity index (χ4n) is 4.48. The molecule has 34 heavy (non-hydrogen) atoms. The lowest BCUT2D eigenvalue weighted by molar-refractivity contribution is -0.141. The Morgan fingerprint density at radius 2 is 1.91 bits per heavy atom. The molecule has 0 amide bonds. The van der Waals surface area contributed by atoms with Gasteiger partial charge in [0, 0.05) is 33.1 Å². The van der Waals surface area contributed by atoms with Gasteiger partial charge < -0.3 is 18.9 Å². The Morgan fingerprint density at radius 3 is 2.74 bits per heavy atom. The van der Waals surface area contributed by atoms with Crippen molar-refractivity contribution >= 4 is 21.9 Å². The van der Waals surface area contributed by atoms with Crippen LogP contribution in [0.25, 0.3) is 0 Å². The lowest BCUT2D eigenvalue weighted by Gasteiger charge is -2.17. The number of halogens is 3. The summed E-state index contributed by atoms with van der Waals surface area (Å²) in [5, 5.41) is 0. The van der Waals surface area contributed by atoms with E-state index in [1.165, 1.54) is 31.4 Å². The molecule has 0 N–H and O–H groups in total. The quantitative estimate of drug-likeness (QED) is 0.335. The largest absolute Gasteiger partial charge is 0.492 e. The van der Waals surface area contributed by atoms with Crippen LogP contribution in [0, 0.1) is 11.6 Å². The van der Waals surface area contributed by atoms with E-state index >= 15 is 0 Å². The van der Waals surface area contributed by atoms with Gasteiger partial charge in [-0.2, -0.15) is 0 Å². The average Bonchev–Trinajstić information content (AvgIpc) is 3.43. The van der Waals surface area contributed by atoms with E-state index < -0.39 is 17.7 Å². The number of esters is 1. The van der Waals surface area contributed by atoms with Gasteiger partial charge in [-0.1, -0.05) is 22.0 Å². The van der Waals surface area contributed by atoms with E-state index in [9.17, 15) is 13.6 Å². The van der Waals surface area contributed by atoms with Crippen LogP contribution in [0.3, 0.4) is 0 Å². The molecular weight excluding hydrogens is 510 g/mol. The van der Waals surface area contributed by atoms with Gasteiger partial charge in [-0.15, -0.1) is 0 Å². The molecule has 8 heteroatoms. The number of carbonyl (C=O) groups is 1. The highest BCUT2D eigenvalue weighted by Crippen LogP contribution is 2.44. The smallest absolute Gasteiger partial charge is 0.306 e. The van der Waals surface area contributed by atoms with Gasteiger partial charge in [0.05, 0.1) is 20.1 Å². The SMILES string of the molecule is COC(=O)C[C@@H]1COc2cc(O[C@@H]3CCc4c(Oc5cc(Br)ccc5F)ccc(F)c43)ccc21. The molecule has 0 saturated carbocycles. The highest BCUT2D eigenvalue weighted by Gasteiger charge is 2.32. The minimum Gasteiger partial charge on any atom is -0.492 e. The van der Waals surface area contributed by atoms with Crippen molar-refractivity contribution in [2.45, 2.75) is 31.3 Å². The van der Waals surface area contributed by atoms with E-state index in [2.05, 4.69) is 15.9 Å². The highest BCUT2D eigenvalue weighted by atomic mass is 79.9. The summed E-state index contributed by atoms with van der Waals surface area (Å²) in [6.07, 6.45) is 0.810. The number of rotatable bonds is 6. The molecule has 0 spiro atoms. The van der Waals surface area contributed by atoms with Crippen LogP contribution in [0.5, 0.6) is 23.0 Å². The Balaban J connectivity index is 1.37. The third-order valence-corrected chi connectivity index (χ3v) is 6.63. The number of fused-ring (bicyclic) bond motifs is 2. The van der Waals surface area contributed by atoms with Crippen molar-refractivity contribution in [1.29, 1.82) is 0 Å². The second-order valence-electron chi connectivity index (χ2n) is 8.25. The van der Waals surface area contributed by atoms with Crippen LogP contribution >= 0.6 is 15.9 Å². The van der Waals surface area contributed by atoms with Crippen molar-refractivity contribution in [2.75, 3.05) is 13.7 Å². The zero-order chi connectivity index (χ0) is 23.8. The molecule has 5 rings (SSSR count). The van der Waals surface area contributed by atoms with Gasteiger partial charge in [0.15, 0.2) is 11.6 Å². The van der Waals surface area contributed by atoms with Crippen LogP contribution < -0.4 is 14.2 Å². The van der Waals surface area contributed by atoms with Crippen LogP contribution in [-0.2, 0) is 16.0 Å². The molecule has 1 heterocycles. The van der Waals surface area contributed by atoms with Gasteiger partial charge in [0.1, 0.15) is 29.2 Å². The van der Waals surface area contributed by atoms with E-state index in [-0.39, 0.29) is 24.1 Å². The maximum Gasteiger partial charge on any atom is 0.306 e. The number of hydrogen-bond donors (Lipinski definition) is 0. The molecule has 0 radical (unpaired) electrons. The van der Waals surface area contributed by atoms with Gasteiger partial charge >= 0.3 is 5.97 Å². The third-order valence-electron chi connectivity index (χ3n) is 6.14. The summed E-state index contributed by atoms with van der Waals surface area (Å²) in [7, 11) is 1.36. The summed E-state index contributed by atoms with van der Waals surface area (Å²) < 4.78 is 52.2. The Bertz CT molecular complexity index is 1260. The Labute approximate surface area is 203 Å². The van der Waals surface area contributed by atoms with E-state index in [1.807, 2.05) is 6.07 Å². The minimum absolute atomic E-state index is 0.0600. The lowest BCUT2D eigenvalue weighted by atomic mass is 9.98. The number of benzene rings is 3. The van der Waals surface area contributed by atoms with Crippen LogP contribution in [0.2, 0.25) is 0 Å². The molecule has 2 atom stereocenters. The van der Waals surface area contributed by atoms with Gasteiger partial charge in [-0.05, 0) is 49.2 Å². The average molecular weight is 531 g/mol. The second kappa shape index (κ2) is 9.25. The monoisotopic (exact) mass is 530 g/mol. The first kappa shape index (κ1) is 22.7. The van der Waals surface area contributed by atoms with Crippen molar-refractivity contribution in [3.8, 4) is 23.0 Å². The molecule has 3 aromatic carbocycles. The standard InChI is InChI=1S/C26H21BrF2O5/c1-31-25(30)10-14-13-32-23-12-16(3-4-17(14)23)33-22-8-5-18-21(9-7-20(29)26(18)22)34-24-11-15(27)2-6-19(24)28/h2-4,6-7,9,11-12,14,22H,5,8,10,13H2,1H3/t14-,22-/m1/s1. The maximum atomic E-state index is 14.8. The summed E-state index contributed by atoms with van der Waals surface area (Å²) in [5.41, 5.74) is 2.00. The summed E-state index contributed by atoms with van der Waals surface area (Å²) in [6, 6.07) is 12.7. The first-order chi connectivity index (χ1) is 16.4. The summed E-state index contributed by atoms with van der Waals surface area (Å²) >= 11 is 3.31. The van der Waals surface area contributed by atoms with E-state index in [0.717, 1.165) is 5.56 Å². The number of carbonyl (C=O) groups excluding carboxylic acids is 1. The molecule has 0 unspecified atom stereocenters. The normalized spacial score (nSPS) is 18.1. The van der Waals surface area contributed by atoms with E-state index in [0.29, 0.717) is 52.3 Å². The summed E-state index contributed by atoms with van der Waals surface area (Å²) in [6.45, 7) is 0.391. The lowest BCUT2D eigenvalue weighted by Crippen LogP contribution is -2.09. The van der Waals surface area contributed by atoms with Crippen molar-refractivity contribution in [2.24, 2.45) is 0 Å². The maximum absolute atomic E-state index is 14.8. The fourth-order valence-corrected chi connectivity index (χ4v) is 4.82. The summed E-state index contributed by atoms with van der Waals surface area (Å²) in [4.78, 5) is 11.6. The van der Waals surface area contributed by atoms with Gasteiger partial charge in [0.25, 0.3) is 0 Å². The number of hydrogen-bond acceptors (Lipinski definition) is 5. The molecule has 0 fully saturated rings. The van der Waals surface area contributed by atoms with Crippen LogP contribution in [0.1, 0.15) is 41.6 Å². The van der Waals surface area contributed by atoms with Crippen LogP contribution in [-0.4, -0.2) is 19.7 Å². The molecule has 2 aliphatic rings. The van der Waals surface area contributed by atoms with Crippen molar-refractivity contribution in [1.82, 2.24) is 0 Å². The van der Waals surface area contributed by atoms with Gasteiger partial charge in [-0.3, -0.25) is 4.79 Å².